The number of imide groups is 1. The average molecular weight is 420 g/mol. The lowest BCUT2D eigenvalue weighted by Gasteiger charge is -2.13. The molecule has 1 aliphatic heterocycles. The number of rotatable bonds is 6. The number of carbonyl (C=O) groups excluding carboxylic acids is 2. The van der Waals surface area contributed by atoms with Crippen molar-refractivity contribution < 1.29 is 14.3 Å². The molecule has 2 amide bonds. The Balaban J connectivity index is 1.59. The number of hydrogen-bond acceptors (Lipinski definition) is 4. The molecule has 3 rings (SSSR count). The minimum atomic E-state index is -0.337. The Morgan fingerprint density at radius 3 is 2.44 bits per heavy atom. The molecule has 0 radical (unpaired) electrons. The van der Waals surface area contributed by atoms with Crippen LogP contribution in [0.4, 0.5) is 4.79 Å². The molecule has 27 heavy (non-hydrogen) atoms. The molecule has 138 valence electrons. The number of thioether (sulfide) groups is 1. The topological polar surface area (TPSA) is 46.6 Å². The minimum Gasteiger partial charge on any atom is -0.490 e. The minimum absolute atomic E-state index is 0.154. The predicted molar refractivity (Wildman–Crippen MR) is 110 cm³/mol. The van der Waals surface area contributed by atoms with Gasteiger partial charge in [0.2, 0.25) is 0 Å². The summed E-state index contributed by atoms with van der Waals surface area (Å²) in [5, 5.41) is 0.781. The van der Waals surface area contributed by atoms with Crippen molar-refractivity contribution in [1.82, 2.24) is 4.90 Å². The molecule has 0 N–H and O–H groups in total. The van der Waals surface area contributed by atoms with Gasteiger partial charge in [-0.1, -0.05) is 65.7 Å². The van der Waals surface area contributed by atoms with Crippen LogP contribution in [-0.2, 0) is 4.79 Å². The van der Waals surface area contributed by atoms with Crippen molar-refractivity contribution in [1.29, 1.82) is 0 Å². The first-order valence-corrected chi connectivity index (χ1v) is 9.67. The Labute approximate surface area is 171 Å². The van der Waals surface area contributed by atoms with Gasteiger partial charge in [0.25, 0.3) is 11.1 Å². The van der Waals surface area contributed by atoms with E-state index in [1.54, 1.807) is 48.6 Å². The van der Waals surface area contributed by atoms with Crippen molar-refractivity contribution in [3.05, 3.63) is 81.2 Å². The first-order chi connectivity index (χ1) is 13.1. The summed E-state index contributed by atoms with van der Waals surface area (Å²) >= 11 is 13.0. The molecular formula is C20H15Cl2NO3S. The Hall–Kier alpha value is -2.21. The number of allylic oxidation sites excluding steroid dienone is 2. The highest BCUT2D eigenvalue weighted by atomic mass is 35.5. The fraction of sp³-hybridized carbons (Fsp3) is 0.100. The van der Waals surface area contributed by atoms with E-state index >= 15 is 0 Å². The molecule has 1 heterocycles. The van der Waals surface area contributed by atoms with Gasteiger partial charge in [-0.25, -0.2) is 0 Å². The molecule has 0 saturated carbocycles. The van der Waals surface area contributed by atoms with Gasteiger partial charge in [0, 0.05) is 5.02 Å². The fourth-order valence-corrected chi connectivity index (χ4v) is 3.57. The molecule has 0 atom stereocenters. The largest absolute Gasteiger partial charge is 0.490 e. The van der Waals surface area contributed by atoms with Crippen molar-refractivity contribution >= 4 is 52.2 Å². The zero-order valence-corrected chi connectivity index (χ0v) is 16.4. The van der Waals surface area contributed by atoms with Crippen molar-refractivity contribution in [3.8, 4) is 5.75 Å². The standard InChI is InChI=1S/C20H15Cl2NO3S/c21-15-8-2-1-6-14(15)7-5-11-18-19(24)23(20(25)27-18)12-13-26-17-10-4-3-9-16(17)22/h1-11H,12-13H2/b7-5+,18-11-. The maximum atomic E-state index is 12.4. The van der Waals surface area contributed by atoms with E-state index in [1.165, 1.54) is 0 Å². The lowest BCUT2D eigenvalue weighted by Crippen LogP contribution is -2.32. The van der Waals surface area contributed by atoms with E-state index in [0.29, 0.717) is 20.7 Å². The van der Waals surface area contributed by atoms with Gasteiger partial charge in [-0.2, -0.15) is 0 Å². The van der Waals surface area contributed by atoms with E-state index in [2.05, 4.69) is 0 Å². The molecular weight excluding hydrogens is 405 g/mol. The maximum absolute atomic E-state index is 12.4. The first-order valence-electron chi connectivity index (χ1n) is 8.10. The van der Waals surface area contributed by atoms with Gasteiger partial charge in [0.1, 0.15) is 12.4 Å². The normalized spacial score (nSPS) is 15.9. The van der Waals surface area contributed by atoms with E-state index in [-0.39, 0.29) is 24.3 Å². The molecule has 1 fully saturated rings. The van der Waals surface area contributed by atoms with Crippen molar-refractivity contribution in [2.75, 3.05) is 13.2 Å². The van der Waals surface area contributed by atoms with Crippen LogP contribution in [0.3, 0.4) is 0 Å². The van der Waals surface area contributed by atoms with Crippen LogP contribution < -0.4 is 4.74 Å². The zero-order chi connectivity index (χ0) is 19.2. The van der Waals surface area contributed by atoms with Gasteiger partial charge in [-0.15, -0.1) is 0 Å². The van der Waals surface area contributed by atoms with E-state index < -0.39 is 0 Å². The van der Waals surface area contributed by atoms with E-state index in [1.807, 2.05) is 18.2 Å². The van der Waals surface area contributed by atoms with Crippen molar-refractivity contribution in [2.45, 2.75) is 0 Å². The summed E-state index contributed by atoms with van der Waals surface area (Å²) in [6.07, 6.45) is 5.11. The number of carbonyl (C=O) groups is 2. The Morgan fingerprint density at radius 1 is 1.00 bits per heavy atom. The zero-order valence-electron chi connectivity index (χ0n) is 14.1. The summed E-state index contributed by atoms with van der Waals surface area (Å²) in [5.74, 6) is 0.181. The summed E-state index contributed by atoms with van der Waals surface area (Å²) in [5.41, 5.74) is 0.836. The second-order valence-electron chi connectivity index (χ2n) is 5.52. The van der Waals surface area contributed by atoms with Gasteiger partial charge < -0.3 is 4.74 Å². The molecule has 0 aromatic heterocycles. The number of ether oxygens (including phenoxy) is 1. The highest BCUT2D eigenvalue weighted by molar-refractivity contribution is 8.18. The smallest absolute Gasteiger partial charge is 0.293 e. The average Bonchev–Trinajstić information content (AvgIpc) is 2.92. The first kappa shape index (κ1) is 19.5. The predicted octanol–water partition coefficient (Wildman–Crippen LogP) is 5.66. The Bertz CT molecular complexity index is 927. The third kappa shape index (κ3) is 4.95. The summed E-state index contributed by atoms with van der Waals surface area (Å²) in [7, 11) is 0. The number of halogens is 2. The molecule has 0 unspecified atom stereocenters. The number of benzene rings is 2. The van der Waals surface area contributed by atoms with Gasteiger partial charge in [-0.05, 0) is 41.6 Å². The lowest BCUT2D eigenvalue weighted by molar-refractivity contribution is -0.123. The highest BCUT2D eigenvalue weighted by Gasteiger charge is 2.34. The second kappa shape index (κ2) is 9.13. The summed E-state index contributed by atoms with van der Waals surface area (Å²) < 4.78 is 5.55. The molecule has 2 aromatic carbocycles. The van der Waals surface area contributed by atoms with E-state index in [9.17, 15) is 9.59 Å². The van der Waals surface area contributed by atoms with Crippen LogP contribution in [0.15, 0.2) is 65.6 Å². The van der Waals surface area contributed by atoms with Crippen molar-refractivity contribution in [3.63, 3.8) is 0 Å². The quantitative estimate of drug-likeness (QED) is 0.566. The van der Waals surface area contributed by atoms with Crippen LogP contribution in [-0.4, -0.2) is 29.2 Å². The number of hydrogen-bond donors (Lipinski definition) is 0. The number of amides is 2. The van der Waals surface area contributed by atoms with Gasteiger partial charge in [-0.3, -0.25) is 14.5 Å². The summed E-state index contributed by atoms with van der Waals surface area (Å²) in [6, 6.07) is 14.4. The van der Waals surface area contributed by atoms with Crippen LogP contribution in [0.5, 0.6) is 5.75 Å². The SMILES string of the molecule is O=C1S/C(=C\C=C\c2ccccc2Cl)C(=O)N1CCOc1ccccc1Cl. The molecule has 0 aliphatic carbocycles. The summed E-state index contributed by atoms with van der Waals surface area (Å²) in [6.45, 7) is 0.325. The summed E-state index contributed by atoms with van der Waals surface area (Å²) in [4.78, 5) is 26.0. The monoisotopic (exact) mass is 419 g/mol. The molecule has 1 saturated heterocycles. The molecule has 1 aliphatic rings. The Kier molecular flexibility index (Phi) is 6.61. The van der Waals surface area contributed by atoms with Crippen LogP contribution in [0, 0.1) is 0 Å². The van der Waals surface area contributed by atoms with E-state index in [4.69, 9.17) is 27.9 Å². The molecule has 4 nitrogen and oxygen atoms in total. The van der Waals surface area contributed by atoms with Crippen LogP contribution in [0.1, 0.15) is 5.56 Å². The van der Waals surface area contributed by atoms with Gasteiger partial charge in [0.05, 0.1) is 16.5 Å². The third-order valence-electron chi connectivity index (χ3n) is 3.71. The molecule has 7 heteroatoms. The van der Waals surface area contributed by atoms with Crippen LogP contribution >= 0.6 is 35.0 Å². The molecule has 2 aromatic rings. The van der Waals surface area contributed by atoms with Gasteiger partial charge >= 0.3 is 0 Å². The van der Waals surface area contributed by atoms with E-state index in [0.717, 1.165) is 22.2 Å². The lowest BCUT2D eigenvalue weighted by atomic mass is 10.2. The Morgan fingerprint density at radius 2 is 1.70 bits per heavy atom. The third-order valence-corrected chi connectivity index (χ3v) is 5.29. The van der Waals surface area contributed by atoms with Gasteiger partial charge in [0.15, 0.2) is 0 Å². The second-order valence-corrected chi connectivity index (χ2v) is 7.32. The number of nitrogens with zero attached hydrogens (tertiary/aromatic N) is 1. The molecule has 0 bridgehead atoms. The highest BCUT2D eigenvalue weighted by Crippen LogP contribution is 2.31. The van der Waals surface area contributed by atoms with Crippen molar-refractivity contribution in [2.24, 2.45) is 0 Å². The molecule has 0 spiro atoms. The number of para-hydroxylation sites is 1. The fourth-order valence-electron chi connectivity index (χ4n) is 2.36. The van der Waals surface area contributed by atoms with Crippen LogP contribution in [0.2, 0.25) is 10.0 Å². The van der Waals surface area contributed by atoms with Crippen LogP contribution in [0.25, 0.3) is 6.08 Å². The maximum Gasteiger partial charge on any atom is 0.293 e.